The summed E-state index contributed by atoms with van der Waals surface area (Å²) < 4.78 is 8.76. The lowest BCUT2D eigenvalue weighted by Crippen LogP contribution is -1.83. The molecule has 6 aromatic carbocycles. The molecule has 2 aromatic heterocycles. The lowest BCUT2D eigenvalue weighted by Gasteiger charge is -2.09. The molecule has 2 nitrogen and oxygen atoms in total. The highest BCUT2D eigenvalue weighted by Gasteiger charge is 2.13. The number of oxazole rings is 1. The minimum absolute atomic E-state index is 0.653. The van der Waals surface area contributed by atoms with Gasteiger partial charge >= 0.3 is 0 Å². The normalized spacial score (nSPS) is 11.7. The number of benzene rings is 6. The fourth-order valence-electron chi connectivity index (χ4n) is 5.44. The van der Waals surface area contributed by atoms with Gasteiger partial charge in [-0.1, -0.05) is 91.0 Å². The molecule has 8 rings (SSSR count). The molecule has 2 heterocycles. The van der Waals surface area contributed by atoms with Crippen molar-refractivity contribution < 1.29 is 4.42 Å². The van der Waals surface area contributed by atoms with Crippen LogP contribution in [-0.4, -0.2) is 4.98 Å². The Balaban J connectivity index is 1.23. The van der Waals surface area contributed by atoms with E-state index in [1.807, 2.05) is 47.7 Å². The zero-order chi connectivity index (χ0) is 25.1. The Morgan fingerprint density at radius 1 is 0.526 bits per heavy atom. The van der Waals surface area contributed by atoms with Crippen LogP contribution in [0, 0.1) is 0 Å². The average molecular weight is 504 g/mol. The van der Waals surface area contributed by atoms with Crippen molar-refractivity contribution in [1.82, 2.24) is 4.98 Å². The van der Waals surface area contributed by atoms with Crippen LogP contribution in [0.25, 0.3) is 75.8 Å². The highest BCUT2D eigenvalue weighted by molar-refractivity contribution is 7.26. The number of nitrogens with zero attached hydrogens (tertiary/aromatic N) is 1. The second-order valence-electron chi connectivity index (χ2n) is 9.59. The molecule has 0 spiro atoms. The molecule has 0 unspecified atom stereocenters. The third kappa shape index (κ3) is 3.37. The Bertz CT molecular complexity index is 2140. The smallest absolute Gasteiger partial charge is 0.227 e. The summed E-state index contributed by atoms with van der Waals surface area (Å²) in [5, 5.41) is 4.91. The first-order valence-electron chi connectivity index (χ1n) is 12.7. The van der Waals surface area contributed by atoms with E-state index in [1.165, 1.54) is 42.4 Å². The molecule has 3 heteroatoms. The van der Waals surface area contributed by atoms with Crippen LogP contribution in [0.3, 0.4) is 0 Å². The lowest BCUT2D eigenvalue weighted by molar-refractivity contribution is 0.620. The number of rotatable bonds is 3. The van der Waals surface area contributed by atoms with E-state index >= 15 is 0 Å². The molecular formula is C35H21NOS. The second-order valence-corrected chi connectivity index (χ2v) is 10.6. The minimum atomic E-state index is 0.653. The van der Waals surface area contributed by atoms with Crippen LogP contribution in [0.1, 0.15) is 0 Å². The van der Waals surface area contributed by atoms with Crippen molar-refractivity contribution in [2.24, 2.45) is 0 Å². The second kappa shape index (κ2) is 8.41. The third-order valence-electron chi connectivity index (χ3n) is 7.31. The highest BCUT2D eigenvalue weighted by atomic mass is 32.1. The van der Waals surface area contributed by atoms with Crippen LogP contribution in [-0.2, 0) is 0 Å². The van der Waals surface area contributed by atoms with Crippen molar-refractivity contribution in [3.63, 3.8) is 0 Å². The molecule has 178 valence electrons. The van der Waals surface area contributed by atoms with Gasteiger partial charge < -0.3 is 4.42 Å². The van der Waals surface area contributed by atoms with Gasteiger partial charge in [-0.05, 0) is 64.0 Å². The summed E-state index contributed by atoms with van der Waals surface area (Å²) in [7, 11) is 0. The maximum absolute atomic E-state index is 6.09. The third-order valence-corrected chi connectivity index (χ3v) is 8.53. The quantitative estimate of drug-likeness (QED) is 0.240. The molecule has 0 atom stereocenters. The molecule has 8 aromatic rings. The Morgan fingerprint density at radius 2 is 1.29 bits per heavy atom. The first kappa shape index (κ1) is 21.4. The highest BCUT2D eigenvalue weighted by Crippen LogP contribution is 2.41. The van der Waals surface area contributed by atoms with Crippen molar-refractivity contribution in [3.8, 4) is 33.7 Å². The van der Waals surface area contributed by atoms with Gasteiger partial charge in [0.2, 0.25) is 5.89 Å². The van der Waals surface area contributed by atoms with Gasteiger partial charge in [-0.25, -0.2) is 4.98 Å². The fourth-order valence-corrected chi connectivity index (χ4v) is 6.68. The standard InChI is InChI=1S/C35H21NOS/c1-2-8-22(9-3-1)35-36-33-27-18-16-24(21-26(27)17-19-31(33)37-35)23-10-6-11-25(20-23)28-13-7-14-30-29-12-4-5-15-32(29)38-34(28)30/h1-21H. The zero-order valence-corrected chi connectivity index (χ0v) is 21.2. The van der Waals surface area contributed by atoms with E-state index in [-0.39, 0.29) is 0 Å². The number of hydrogen-bond acceptors (Lipinski definition) is 3. The minimum Gasteiger partial charge on any atom is -0.436 e. The van der Waals surface area contributed by atoms with Crippen molar-refractivity contribution in [2.75, 3.05) is 0 Å². The summed E-state index contributed by atoms with van der Waals surface area (Å²) >= 11 is 1.87. The Labute approximate surface area is 223 Å². The Kier molecular flexibility index (Phi) is 4.73. The van der Waals surface area contributed by atoms with Gasteiger partial charge in [0.15, 0.2) is 5.58 Å². The van der Waals surface area contributed by atoms with E-state index in [0.29, 0.717) is 5.89 Å². The van der Waals surface area contributed by atoms with Crippen molar-refractivity contribution in [2.45, 2.75) is 0 Å². The predicted octanol–water partition coefficient (Wildman–Crippen LogP) is 10.3. The van der Waals surface area contributed by atoms with E-state index in [1.54, 1.807) is 0 Å². The topological polar surface area (TPSA) is 26.0 Å². The molecule has 0 saturated heterocycles. The zero-order valence-electron chi connectivity index (χ0n) is 20.4. The van der Waals surface area contributed by atoms with Crippen LogP contribution in [0.5, 0.6) is 0 Å². The van der Waals surface area contributed by atoms with Gasteiger partial charge in [0.1, 0.15) is 5.52 Å². The first-order valence-corrected chi connectivity index (χ1v) is 13.5. The number of thiophene rings is 1. The van der Waals surface area contributed by atoms with E-state index in [4.69, 9.17) is 9.40 Å². The molecule has 0 aliphatic rings. The van der Waals surface area contributed by atoms with Gasteiger partial charge in [-0.15, -0.1) is 11.3 Å². The first-order chi connectivity index (χ1) is 18.8. The van der Waals surface area contributed by atoms with Crippen LogP contribution < -0.4 is 0 Å². The van der Waals surface area contributed by atoms with Gasteiger partial charge in [0, 0.05) is 31.1 Å². The monoisotopic (exact) mass is 503 g/mol. The molecule has 0 aliphatic heterocycles. The summed E-state index contributed by atoms with van der Waals surface area (Å²) in [6.45, 7) is 0. The molecule has 0 N–H and O–H groups in total. The van der Waals surface area contributed by atoms with Gasteiger partial charge in [0.25, 0.3) is 0 Å². The molecule has 0 fully saturated rings. The number of fused-ring (bicyclic) bond motifs is 6. The Morgan fingerprint density at radius 3 is 2.24 bits per heavy atom. The maximum Gasteiger partial charge on any atom is 0.227 e. The average Bonchev–Trinajstić information content (AvgIpc) is 3.60. The molecule has 0 saturated carbocycles. The van der Waals surface area contributed by atoms with E-state index < -0.39 is 0 Å². The van der Waals surface area contributed by atoms with E-state index in [0.717, 1.165) is 27.4 Å². The van der Waals surface area contributed by atoms with E-state index in [2.05, 4.69) is 91.0 Å². The SMILES string of the molecule is c1ccc(-c2nc3c(ccc4cc(-c5cccc(-c6cccc7c6sc6ccccc67)c5)ccc43)o2)cc1. The molecule has 0 bridgehead atoms. The van der Waals surface area contributed by atoms with Crippen LogP contribution in [0.15, 0.2) is 132 Å². The predicted molar refractivity (Wildman–Crippen MR) is 161 cm³/mol. The number of hydrogen-bond donors (Lipinski definition) is 0. The largest absolute Gasteiger partial charge is 0.436 e. The summed E-state index contributed by atoms with van der Waals surface area (Å²) in [4.78, 5) is 4.85. The van der Waals surface area contributed by atoms with Crippen molar-refractivity contribution in [1.29, 1.82) is 0 Å². The maximum atomic E-state index is 6.09. The van der Waals surface area contributed by atoms with Crippen molar-refractivity contribution in [3.05, 3.63) is 127 Å². The van der Waals surface area contributed by atoms with Crippen LogP contribution >= 0.6 is 11.3 Å². The Hall–Kier alpha value is -4.73. The summed E-state index contributed by atoms with van der Waals surface area (Å²) in [6, 6.07) is 45.0. The molecule has 0 aliphatic carbocycles. The van der Waals surface area contributed by atoms with Crippen LogP contribution in [0.2, 0.25) is 0 Å². The molecular weight excluding hydrogens is 482 g/mol. The number of aromatic nitrogens is 1. The summed E-state index contributed by atoms with van der Waals surface area (Å²) in [5.41, 5.74) is 7.60. The lowest BCUT2D eigenvalue weighted by atomic mass is 9.96. The van der Waals surface area contributed by atoms with Gasteiger partial charge in [-0.3, -0.25) is 0 Å². The molecule has 38 heavy (non-hydrogen) atoms. The van der Waals surface area contributed by atoms with Gasteiger partial charge in [-0.2, -0.15) is 0 Å². The van der Waals surface area contributed by atoms with E-state index in [9.17, 15) is 0 Å². The molecule has 0 radical (unpaired) electrons. The molecule has 0 amide bonds. The van der Waals surface area contributed by atoms with Crippen LogP contribution in [0.4, 0.5) is 0 Å². The fraction of sp³-hybridized carbons (Fsp3) is 0. The summed E-state index contributed by atoms with van der Waals surface area (Å²) in [6.07, 6.45) is 0. The van der Waals surface area contributed by atoms with Gasteiger partial charge in [0.05, 0.1) is 0 Å². The summed E-state index contributed by atoms with van der Waals surface area (Å²) in [5.74, 6) is 0.653. The van der Waals surface area contributed by atoms with Crippen molar-refractivity contribution >= 4 is 53.4 Å².